The molecular formula is C14H22N4O2. The summed E-state index contributed by atoms with van der Waals surface area (Å²) in [6, 6.07) is 3.46. The largest absolute Gasteiger partial charge is 0.395 e. The number of carbonyl (C=O) groups is 1. The number of amides is 1. The Morgan fingerprint density at radius 1 is 1.35 bits per heavy atom. The van der Waals surface area contributed by atoms with Crippen molar-refractivity contribution in [3.8, 4) is 0 Å². The normalized spacial score (nSPS) is 16.4. The number of hydrogen-bond acceptors (Lipinski definition) is 5. The summed E-state index contributed by atoms with van der Waals surface area (Å²) in [5, 5.41) is 8.92. The predicted molar refractivity (Wildman–Crippen MR) is 77.5 cm³/mol. The molecule has 2 rings (SSSR count). The first-order valence-electron chi connectivity index (χ1n) is 7.03. The maximum atomic E-state index is 12.5. The van der Waals surface area contributed by atoms with Crippen LogP contribution in [0.4, 0.5) is 5.82 Å². The number of aryl methyl sites for hydroxylation is 1. The van der Waals surface area contributed by atoms with E-state index in [1.807, 2.05) is 17.9 Å². The molecule has 0 aromatic carbocycles. The smallest absolute Gasteiger partial charge is 0.254 e. The summed E-state index contributed by atoms with van der Waals surface area (Å²) in [6.45, 7) is 5.79. The molecule has 20 heavy (non-hydrogen) atoms. The zero-order chi connectivity index (χ0) is 14.5. The number of piperazine rings is 1. The molecule has 1 aliphatic heterocycles. The lowest BCUT2D eigenvalue weighted by molar-refractivity contribution is 0.0615. The molecule has 110 valence electrons. The summed E-state index contributed by atoms with van der Waals surface area (Å²) < 4.78 is 0. The van der Waals surface area contributed by atoms with Gasteiger partial charge in [0.15, 0.2) is 0 Å². The van der Waals surface area contributed by atoms with Gasteiger partial charge in [-0.1, -0.05) is 6.92 Å². The van der Waals surface area contributed by atoms with Crippen molar-refractivity contribution in [3.63, 3.8) is 0 Å². The summed E-state index contributed by atoms with van der Waals surface area (Å²) in [5.74, 6) is 0.407. The first kappa shape index (κ1) is 14.7. The Kier molecular flexibility index (Phi) is 4.92. The fraction of sp³-hybridized carbons (Fsp3) is 0.571. The van der Waals surface area contributed by atoms with Gasteiger partial charge in [-0.25, -0.2) is 4.98 Å². The fourth-order valence-corrected chi connectivity index (χ4v) is 2.41. The van der Waals surface area contributed by atoms with Crippen LogP contribution in [0.3, 0.4) is 0 Å². The van der Waals surface area contributed by atoms with Gasteiger partial charge in [-0.3, -0.25) is 9.69 Å². The van der Waals surface area contributed by atoms with Crippen molar-refractivity contribution in [2.24, 2.45) is 0 Å². The monoisotopic (exact) mass is 278 g/mol. The van der Waals surface area contributed by atoms with Crippen molar-refractivity contribution in [1.29, 1.82) is 0 Å². The lowest BCUT2D eigenvalue weighted by Crippen LogP contribution is -2.49. The highest BCUT2D eigenvalue weighted by molar-refractivity contribution is 5.95. The Morgan fingerprint density at radius 3 is 2.65 bits per heavy atom. The molecule has 1 fully saturated rings. The van der Waals surface area contributed by atoms with Crippen LogP contribution >= 0.6 is 0 Å². The molecule has 2 heterocycles. The second kappa shape index (κ2) is 6.67. The Morgan fingerprint density at radius 2 is 2.05 bits per heavy atom. The molecule has 6 nitrogen and oxygen atoms in total. The molecule has 1 aromatic heterocycles. The number of nitrogens with two attached hydrogens (primary N) is 1. The van der Waals surface area contributed by atoms with Gasteiger partial charge in [-0.2, -0.15) is 0 Å². The summed E-state index contributed by atoms with van der Waals surface area (Å²) in [5.41, 5.74) is 7.20. The standard InChI is InChI=1S/C14H22N4O2/c1-2-12-9-11(10-13(15)16-12)14(20)18-5-3-17(4-6-18)7-8-19/h9-10,19H,2-8H2,1H3,(H2,15,16). The lowest BCUT2D eigenvalue weighted by Gasteiger charge is -2.34. The molecule has 3 N–H and O–H groups in total. The van der Waals surface area contributed by atoms with Crippen LogP contribution in [-0.2, 0) is 6.42 Å². The van der Waals surface area contributed by atoms with E-state index < -0.39 is 0 Å². The van der Waals surface area contributed by atoms with E-state index in [4.69, 9.17) is 10.8 Å². The Bertz CT molecular complexity index is 470. The molecule has 1 aromatic rings. The third kappa shape index (κ3) is 3.46. The van der Waals surface area contributed by atoms with Crippen LogP contribution in [0.15, 0.2) is 12.1 Å². The maximum absolute atomic E-state index is 12.5. The number of β-amino-alcohol motifs (C(OH)–C–C–N with tert-alkyl or cyclic N) is 1. The third-order valence-corrected chi connectivity index (χ3v) is 3.58. The van der Waals surface area contributed by atoms with Crippen molar-refractivity contribution < 1.29 is 9.90 Å². The van der Waals surface area contributed by atoms with Crippen LogP contribution in [0.1, 0.15) is 23.0 Å². The third-order valence-electron chi connectivity index (χ3n) is 3.58. The van der Waals surface area contributed by atoms with Crippen molar-refractivity contribution in [3.05, 3.63) is 23.4 Å². The molecule has 1 aliphatic rings. The van der Waals surface area contributed by atoms with E-state index in [0.717, 1.165) is 25.2 Å². The zero-order valence-electron chi connectivity index (χ0n) is 11.9. The lowest BCUT2D eigenvalue weighted by atomic mass is 10.1. The van der Waals surface area contributed by atoms with Crippen LogP contribution in [0.5, 0.6) is 0 Å². The van der Waals surface area contributed by atoms with Gasteiger partial charge in [-0.15, -0.1) is 0 Å². The van der Waals surface area contributed by atoms with Crippen molar-refractivity contribution in [1.82, 2.24) is 14.8 Å². The first-order valence-corrected chi connectivity index (χ1v) is 7.03. The maximum Gasteiger partial charge on any atom is 0.254 e. The average molecular weight is 278 g/mol. The van der Waals surface area contributed by atoms with E-state index in [9.17, 15) is 4.79 Å². The number of hydrogen-bond donors (Lipinski definition) is 2. The topological polar surface area (TPSA) is 82.7 Å². The van der Waals surface area contributed by atoms with Crippen LogP contribution in [0, 0.1) is 0 Å². The minimum Gasteiger partial charge on any atom is -0.395 e. The number of carbonyl (C=O) groups excluding carboxylic acids is 1. The highest BCUT2D eigenvalue weighted by Crippen LogP contribution is 2.13. The molecule has 6 heteroatoms. The number of aromatic nitrogens is 1. The molecule has 0 atom stereocenters. The van der Waals surface area contributed by atoms with E-state index >= 15 is 0 Å². The number of nitrogens with zero attached hydrogens (tertiary/aromatic N) is 3. The molecular weight excluding hydrogens is 256 g/mol. The van der Waals surface area contributed by atoms with Gasteiger partial charge < -0.3 is 15.7 Å². The summed E-state index contributed by atoms with van der Waals surface area (Å²) in [6.07, 6.45) is 0.760. The van der Waals surface area contributed by atoms with E-state index in [-0.39, 0.29) is 12.5 Å². The van der Waals surface area contributed by atoms with Gasteiger partial charge in [-0.05, 0) is 18.6 Å². The zero-order valence-corrected chi connectivity index (χ0v) is 11.9. The van der Waals surface area contributed by atoms with Gasteiger partial charge in [0.05, 0.1) is 6.61 Å². The number of rotatable bonds is 4. The van der Waals surface area contributed by atoms with Crippen molar-refractivity contribution in [2.45, 2.75) is 13.3 Å². The first-order chi connectivity index (χ1) is 9.63. The molecule has 0 saturated carbocycles. The molecule has 0 bridgehead atoms. The predicted octanol–water partition coefficient (Wildman–Crippen LogP) is -0.0237. The molecule has 1 saturated heterocycles. The SMILES string of the molecule is CCc1cc(C(=O)N2CCN(CCO)CC2)cc(N)n1. The number of nitrogen functional groups attached to an aromatic ring is 1. The van der Waals surface area contributed by atoms with Gasteiger partial charge in [0.25, 0.3) is 5.91 Å². The fourth-order valence-electron chi connectivity index (χ4n) is 2.41. The van der Waals surface area contributed by atoms with Crippen LogP contribution in [-0.4, -0.2) is 65.1 Å². The highest BCUT2D eigenvalue weighted by atomic mass is 16.3. The molecule has 1 amide bonds. The van der Waals surface area contributed by atoms with Crippen molar-refractivity contribution in [2.75, 3.05) is 45.1 Å². The highest BCUT2D eigenvalue weighted by Gasteiger charge is 2.22. The number of anilines is 1. The minimum absolute atomic E-state index is 0.0115. The van der Waals surface area contributed by atoms with Crippen LogP contribution < -0.4 is 5.73 Å². The molecule has 0 unspecified atom stereocenters. The van der Waals surface area contributed by atoms with Gasteiger partial charge >= 0.3 is 0 Å². The van der Waals surface area contributed by atoms with E-state index in [1.54, 1.807) is 6.07 Å². The van der Waals surface area contributed by atoms with E-state index in [2.05, 4.69) is 9.88 Å². The Hall–Kier alpha value is -1.66. The molecule has 0 radical (unpaired) electrons. The van der Waals surface area contributed by atoms with Gasteiger partial charge in [0, 0.05) is 44.0 Å². The number of pyridine rings is 1. The van der Waals surface area contributed by atoms with E-state index in [1.165, 1.54) is 0 Å². The molecule has 0 aliphatic carbocycles. The second-order valence-electron chi connectivity index (χ2n) is 4.98. The average Bonchev–Trinajstić information content (AvgIpc) is 2.47. The summed E-state index contributed by atoms with van der Waals surface area (Å²) in [4.78, 5) is 20.6. The van der Waals surface area contributed by atoms with E-state index in [0.29, 0.717) is 31.0 Å². The number of aliphatic hydroxyl groups excluding tert-OH is 1. The van der Waals surface area contributed by atoms with Gasteiger partial charge in [0.2, 0.25) is 0 Å². The Balaban J connectivity index is 2.03. The second-order valence-corrected chi connectivity index (χ2v) is 4.98. The number of aliphatic hydroxyl groups is 1. The summed E-state index contributed by atoms with van der Waals surface area (Å²) >= 11 is 0. The minimum atomic E-state index is 0.0115. The van der Waals surface area contributed by atoms with Crippen LogP contribution in [0.2, 0.25) is 0 Å². The summed E-state index contributed by atoms with van der Waals surface area (Å²) in [7, 11) is 0. The quantitative estimate of drug-likeness (QED) is 0.808. The van der Waals surface area contributed by atoms with Gasteiger partial charge in [0.1, 0.15) is 5.82 Å². The molecule has 0 spiro atoms. The van der Waals surface area contributed by atoms with Crippen LogP contribution in [0.25, 0.3) is 0 Å². The van der Waals surface area contributed by atoms with Crippen molar-refractivity contribution >= 4 is 11.7 Å². The Labute approximate surface area is 119 Å².